The fraction of sp³-hybridized carbons (Fsp3) is 0.222. The van der Waals surface area contributed by atoms with Crippen LogP contribution in [0.2, 0.25) is 5.02 Å². The second kappa shape index (κ2) is 7.97. The lowest BCUT2D eigenvalue weighted by Crippen LogP contribution is -1.99. The number of ether oxygens (including phenoxy) is 3. The van der Waals surface area contributed by atoms with Crippen molar-refractivity contribution in [1.82, 2.24) is 10.1 Å². The Morgan fingerprint density at radius 1 is 1.04 bits per heavy atom. The Bertz CT molecular complexity index is 873. The third-order valence-corrected chi connectivity index (χ3v) is 3.89. The second-order valence-electron chi connectivity index (χ2n) is 5.29. The summed E-state index contributed by atoms with van der Waals surface area (Å²) in [5.74, 6) is 2.40. The SMILES string of the molecule is COc1cc(-c2noc(CNc3cccc(Cl)c3)n2)cc(OC)c1OC. The van der Waals surface area contributed by atoms with Crippen LogP contribution in [0.3, 0.4) is 0 Å². The maximum Gasteiger partial charge on any atom is 0.246 e. The summed E-state index contributed by atoms with van der Waals surface area (Å²) in [7, 11) is 4.66. The van der Waals surface area contributed by atoms with E-state index in [1.807, 2.05) is 24.3 Å². The molecule has 1 aromatic heterocycles. The average molecular weight is 376 g/mol. The molecule has 3 rings (SSSR count). The molecule has 0 unspecified atom stereocenters. The van der Waals surface area contributed by atoms with Crippen molar-refractivity contribution in [2.75, 3.05) is 26.6 Å². The number of nitrogens with one attached hydrogen (secondary N) is 1. The smallest absolute Gasteiger partial charge is 0.246 e. The van der Waals surface area contributed by atoms with E-state index < -0.39 is 0 Å². The van der Waals surface area contributed by atoms with Crippen LogP contribution < -0.4 is 19.5 Å². The summed E-state index contributed by atoms with van der Waals surface area (Å²) < 4.78 is 21.3. The van der Waals surface area contributed by atoms with Crippen LogP contribution in [-0.4, -0.2) is 31.5 Å². The number of benzene rings is 2. The van der Waals surface area contributed by atoms with E-state index in [4.69, 9.17) is 30.3 Å². The molecule has 7 nitrogen and oxygen atoms in total. The van der Waals surface area contributed by atoms with Crippen molar-refractivity contribution in [3.05, 3.63) is 47.3 Å². The van der Waals surface area contributed by atoms with E-state index in [1.54, 1.807) is 33.5 Å². The summed E-state index contributed by atoms with van der Waals surface area (Å²) in [6, 6.07) is 10.9. The molecule has 0 saturated heterocycles. The molecule has 26 heavy (non-hydrogen) atoms. The largest absolute Gasteiger partial charge is 0.493 e. The summed E-state index contributed by atoms with van der Waals surface area (Å²) in [6.45, 7) is 0.373. The first-order valence-electron chi connectivity index (χ1n) is 7.77. The van der Waals surface area contributed by atoms with Gasteiger partial charge in [0.05, 0.1) is 27.9 Å². The summed E-state index contributed by atoms with van der Waals surface area (Å²) in [6.07, 6.45) is 0. The monoisotopic (exact) mass is 375 g/mol. The third-order valence-electron chi connectivity index (χ3n) is 3.66. The quantitative estimate of drug-likeness (QED) is 0.667. The van der Waals surface area contributed by atoms with Gasteiger partial charge in [0.1, 0.15) is 0 Å². The normalized spacial score (nSPS) is 10.5. The van der Waals surface area contributed by atoms with Crippen LogP contribution in [0.4, 0.5) is 5.69 Å². The molecule has 0 radical (unpaired) electrons. The predicted molar refractivity (Wildman–Crippen MR) is 98.2 cm³/mol. The van der Waals surface area contributed by atoms with Crippen molar-refractivity contribution < 1.29 is 18.7 Å². The minimum atomic E-state index is 0.373. The molecular weight excluding hydrogens is 358 g/mol. The van der Waals surface area contributed by atoms with Crippen LogP contribution in [0.15, 0.2) is 40.9 Å². The molecule has 0 aliphatic rings. The molecule has 0 bridgehead atoms. The topological polar surface area (TPSA) is 78.6 Å². The number of hydrogen-bond acceptors (Lipinski definition) is 7. The molecule has 1 N–H and O–H groups in total. The molecule has 8 heteroatoms. The Labute approximate surface area is 155 Å². The molecule has 0 aliphatic carbocycles. The molecule has 0 fully saturated rings. The first-order chi connectivity index (χ1) is 12.6. The Morgan fingerprint density at radius 3 is 2.38 bits per heavy atom. The van der Waals surface area contributed by atoms with Gasteiger partial charge in [-0.05, 0) is 30.3 Å². The molecule has 1 heterocycles. The van der Waals surface area contributed by atoms with E-state index in [9.17, 15) is 0 Å². The van der Waals surface area contributed by atoms with Gasteiger partial charge >= 0.3 is 0 Å². The van der Waals surface area contributed by atoms with Crippen molar-refractivity contribution in [1.29, 1.82) is 0 Å². The molecule has 0 spiro atoms. The zero-order chi connectivity index (χ0) is 18.5. The van der Waals surface area contributed by atoms with E-state index >= 15 is 0 Å². The van der Waals surface area contributed by atoms with Gasteiger partial charge < -0.3 is 24.1 Å². The summed E-state index contributed by atoms with van der Waals surface area (Å²) in [5, 5.41) is 7.85. The van der Waals surface area contributed by atoms with Crippen molar-refractivity contribution in [3.8, 4) is 28.6 Å². The standard InChI is InChI=1S/C18H18ClN3O4/c1-23-14-7-11(8-15(24-2)17(14)25-3)18-21-16(26-22-18)10-20-13-6-4-5-12(19)9-13/h4-9,20H,10H2,1-3H3. The van der Waals surface area contributed by atoms with Crippen molar-refractivity contribution in [3.63, 3.8) is 0 Å². The highest BCUT2D eigenvalue weighted by Crippen LogP contribution is 2.40. The van der Waals surface area contributed by atoms with Crippen LogP contribution >= 0.6 is 11.6 Å². The first kappa shape index (κ1) is 17.9. The van der Waals surface area contributed by atoms with Gasteiger partial charge in [-0.15, -0.1) is 0 Å². The van der Waals surface area contributed by atoms with Crippen LogP contribution in [0.25, 0.3) is 11.4 Å². The van der Waals surface area contributed by atoms with Crippen molar-refractivity contribution in [2.24, 2.45) is 0 Å². The number of halogens is 1. The maximum atomic E-state index is 5.97. The number of anilines is 1. The van der Waals surface area contributed by atoms with Crippen LogP contribution in [0.5, 0.6) is 17.2 Å². The Kier molecular flexibility index (Phi) is 5.48. The molecule has 0 amide bonds. The van der Waals surface area contributed by atoms with Gasteiger partial charge in [0.2, 0.25) is 17.5 Å². The third kappa shape index (κ3) is 3.83. The number of methoxy groups -OCH3 is 3. The Hall–Kier alpha value is -2.93. The number of nitrogens with zero attached hydrogens (tertiary/aromatic N) is 2. The summed E-state index contributed by atoms with van der Waals surface area (Å²) >= 11 is 5.97. The van der Waals surface area contributed by atoms with Crippen LogP contribution in [0.1, 0.15) is 5.89 Å². The molecule has 136 valence electrons. The Balaban J connectivity index is 1.81. The van der Waals surface area contributed by atoms with E-state index in [1.165, 1.54) is 0 Å². The van der Waals surface area contributed by atoms with Gasteiger partial charge in [0.25, 0.3) is 0 Å². The van der Waals surface area contributed by atoms with Crippen molar-refractivity contribution in [2.45, 2.75) is 6.54 Å². The van der Waals surface area contributed by atoms with Crippen LogP contribution in [-0.2, 0) is 6.54 Å². The molecule has 0 saturated carbocycles. The van der Waals surface area contributed by atoms with E-state index in [0.29, 0.717) is 46.1 Å². The second-order valence-corrected chi connectivity index (χ2v) is 5.73. The lowest BCUT2D eigenvalue weighted by atomic mass is 10.1. The summed E-state index contributed by atoms with van der Waals surface area (Å²) in [4.78, 5) is 4.40. The summed E-state index contributed by atoms with van der Waals surface area (Å²) in [5.41, 5.74) is 1.56. The fourth-order valence-corrected chi connectivity index (χ4v) is 2.62. The highest BCUT2D eigenvalue weighted by atomic mass is 35.5. The molecule has 0 aliphatic heterocycles. The maximum absolute atomic E-state index is 5.97. The predicted octanol–water partition coefficient (Wildman–Crippen LogP) is 4.03. The zero-order valence-electron chi connectivity index (χ0n) is 14.6. The minimum Gasteiger partial charge on any atom is -0.493 e. The average Bonchev–Trinajstić information content (AvgIpc) is 3.14. The molecule has 0 atom stereocenters. The van der Waals surface area contributed by atoms with Gasteiger partial charge in [-0.3, -0.25) is 0 Å². The fourth-order valence-electron chi connectivity index (χ4n) is 2.43. The van der Waals surface area contributed by atoms with Gasteiger partial charge in [0.15, 0.2) is 11.5 Å². The van der Waals surface area contributed by atoms with Crippen molar-refractivity contribution >= 4 is 17.3 Å². The minimum absolute atomic E-state index is 0.373. The van der Waals surface area contributed by atoms with Gasteiger partial charge in [-0.1, -0.05) is 22.8 Å². The van der Waals surface area contributed by atoms with Gasteiger partial charge in [0, 0.05) is 16.3 Å². The van der Waals surface area contributed by atoms with Crippen LogP contribution in [0, 0.1) is 0 Å². The van der Waals surface area contributed by atoms with E-state index in [2.05, 4.69) is 15.5 Å². The number of hydrogen-bond donors (Lipinski definition) is 1. The highest BCUT2D eigenvalue weighted by Gasteiger charge is 2.17. The number of rotatable bonds is 7. The Morgan fingerprint density at radius 2 is 1.77 bits per heavy atom. The lowest BCUT2D eigenvalue weighted by Gasteiger charge is -2.12. The van der Waals surface area contributed by atoms with Gasteiger partial charge in [-0.25, -0.2) is 0 Å². The van der Waals surface area contributed by atoms with E-state index in [0.717, 1.165) is 5.69 Å². The molecular formula is C18H18ClN3O4. The molecule has 2 aromatic carbocycles. The number of aromatic nitrogens is 2. The van der Waals surface area contributed by atoms with Gasteiger partial charge in [-0.2, -0.15) is 4.98 Å². The lowest BCUT2D eigenvalue weighted by molar-refractivity contribution is 0.324. The van der Waals surface area contributed by atoms with E-state index in [-0.39, 0.29) is 0 Å². The molecule has 3 aromatic rings. The zero-order valence-corrected chi connectivity index (χ0v) is 15.3. The highest BCUT2D eigenvalue weighted by molar-refractivity contribution is 6.30. The first-order valence-corrected chi connectivity index (χ1v) is 8.14.